The monoisotopic (exact) mass is 301 g/mol. The Balaban J connectivity index is 1.63. The van der Waals surface area contributed by atoms with Gasteiger partial charge >= 0.3 is 5.97 Å². The number of hydrogen-bond donors (Lipinski definition) is 2. The molecule has 0 saturated carbocycles. The molecule has 0 saturated heterocycles. The Morgan fingerprint density at radius 3 is 2.86 bits per heavy atom. The zero-order valence-corrected chi connectivity index (χ0v) is 12.1. The summed E-state index contributed by atoms with van der Waals surface area (Å²) in [5.41, 5.74) is 7.71. The second-order valence-corrected chi connectivity index (χ2v) is 6.26. The van der Waals surface area contributed by atoms with Gasteiger partial charge in [-0.1, -0.05) is 18.2 Å². The summed E-state index contributed by atoms with van der Waals surface area (Å²) in [5, 5.41) is 9.27. The lowest BCUT2D eigenvalue weighted by atomic mass is 10.1. The summed E-state index contributed by atoms with van der Waals surface area (Å²) in [6.45, 7) is 0.552. The number of carboxylic acid groups (broad SMARTS) is 1. The van der Waals surface area contributed by atoms with Crippen molar-refractivity contribution in [1.82, 2.24) is 0 Å². The zero-order chi connectivity index (χ0) is 14.8. The molecule has 1 aliphatic rings. The molecule has 21 heavy (non-hydrogen) atoms. The van der Waals surface area contributed by atoms with Crippen molar-refractivity contribution < 1.29 is 14.6 Å². The van der Waals surface area contributed by atoms with Crippen LogP contribution in [-0.2, 0) is 6.42 Å². The molecule has 2 aromatic rings. The number of hydrogen-bond acceptors (Lipinski definition) is 4. The van der Waals surface area contributed by atoms with E-state index in [9.17, 15) is 4.79 Å². The molecule has 1 aliphatic heterocycles. The van der Waals surface area contributed by atoms with Gasteiger partial charge in [-0.3, -0.25) is 0 Å². The van der Waals surface area contributed by atoms with E-state index in [2.05, 4.69) is 12.1 Å². The molecule has 5 heteroatoms. The summed E-state index contributed by atoms with van der Waals surface area (Å²) in [7, 11) is 0. The summed E-state index contributed by atoms with van der Waals surface area (Å²) >= 11 is 1.81. The minimum absolute atomic E-state index is 0.169. The van der Waals surface area contributed by atoms with Crippen LogP contribution in [0.2, 0.25) is 0 Å². The molecule has 0 spiro atoms. The number of rotatable bonds is 4. The number of nitrogen functional groups attached to an aromatic ring is 1. The lowest BCUT2D eigenvalue weighted by Crippen LogP contribution is -2.14. The molecule has 0 radical (unpaired) electrons. The van der Waals surface area contributed by atoms with Gasteiger partial charge in [-0.2, -0.15) is 0 Å². The van der Waals surface area contributed by atoms with Gasteiger partial charge in [-0.25, -0.2) is 4.79 Å². The third kappa shape index (κ3) is 2.97. The van der Waals surface area contributed by atoms with Crippen molar-refractivity contribution in [3.05, 3.63) is 53.6 Å². The number of carboxylic acids is 1. The fraction of sp³-hybridized carbons (Fsp3) is 0.188. The second-order valence-electron chi connectivity index (χ2n) is 4.92. The number of ether oxygens (including phenoxy) is 1. The lowest BCUT2D eigenvalue weighted by Gasteiger charge is -2.13. The Morgan fingerprint density at radius 2 is 2.14 bits per heavy atom. The van der Waals surface area contributed by atoms with Crippen LogP contribution in [0, 0.1) is 0 Å². The standard InChI is InChI=1S/C16H15NO3S/c17-13-8-11(16(18)19)5-6-14(13)20-9-12-7-10-3-1-2-4-15(10)21-12/h1-6,8,12H,7,9,17H2,(H,18,19). The quantitative estimate of drug-likeness (QED) is 0.849. The minimum atomic E-state index is -0.991. The van der Waals surface area contributed by atoms with Gasteiger partial charge in [-0.15, -0.1) is 11.8 Å². The summed E-state index contributed by atoms with van der Waals surface area (Å²) in [6, 6.07) is 12.9. The predicted molar refractivity (Wildman–Crippen MR) is 83.1 cm³/mol. The maximum Gasteiger partial charge on any atom is 0.335 e. The van der Waals surface area contributed by atoms with E-state index in [4.69, 9.17) is 15.6 Å². The number of carbonyl (C=O) groups is 1. The van der Waals surface area contributed by atoms with Crippen LogP contribution in [0.25, 0.3) is 0 Å². The van der Waals surface area contributed by atoms with Crippen LogP contribution in [-0.4, -0.2) is 22.9 Å². The summed E-state index contributed by atoms with van der Waals surface area (Å²) < 4.78 is 5.75. The van der Waals surface area contributed by atoms with Crippen molar-refractivity contribution in [2.45, 2.75) is 16.6 Å². The third-order valence-corrected chi connectivity index (χ3v) is 4.68. The Kier molecular flexibility index (Phi) is 3.75. The van der Waals surface area contributed by atoms with Crippen molar-refractivity contribution in [1.29, 1.82) is 0 Å². The summed E-state index contributed by atoms with van der Waals surface area (Å²) in [5.74, 6) is -0.452. The summed E-state index contributed by atoms with van der Waals surface area (Å²) in [4.78, 5) is 12.2. The second kappa shape index (κ2) is 5.69. The van der Waals surface area contributed by atoms with Crippen LogP contribution in [0.3, 0.4) is 0 Å². The first-order valence-corrected chi connectivity index (χ1v) is 7.51. The Bertz CT molecular complexity index is 662. The SMILES string of the molecule is Nc1cc(C(=O)O)ccc1OCC1Cc2ccccc2S1. The predicted octanol–water partition coefficient (Wildman–Crippen LogP) is 3.06. The van der Waals surface area contributed by atoms with E-state index in [0.717, 1.165) is 6.42 Å². The van der Waals surface area contributed by atoms with Crippen LogP contribution in [0.15, 0.2) is 47.4 Å². The number of nitrogens with two attached hydrogens (primary N) is 1. The fourth-order valence-electron chi connectivity index (χ4n) is 2.34. The van der Waals surface area contributed by atoms with Crippen LogP contribution in [0.5, 0.6) is 5.75 Å². The van der Waals surface area contributed by atoms with Gasteiger partial charge in [0, 0.05) is 10.1 Å². The van der Waals surface area contributed by atoms with Crippen molar-refractivity contribution in [3.8, 4) is 5.75 Å². The molecule has 0 bridgehead atoms. The normalized spacial score (nSPS) is 16.5. The first-order chi connectivity index (χ1) is 10.1. The molecule has 1 atom stereocenters. The molecule has 4 nitrogen and oxygen atoms in total. The highest BCUT2D eigenvalue weighted by atomic mass is 32.2. The highest BCUT2D eigenvalue weighted by molar-refractivity contribution is 8.00. The molecular weight excluding hydrogens is 286 g/mol. The molecule has 0 fully saturated rings. The van der Waals surface area contributed by atoms with Gasteiger partial charge < -0.3 is 15.6 Å². The average molecular weight is 301 g/mol. The van der Waals surface area contributed by atoms with Gasteiger partial charge in [0.05, 0.1) is 11.3 Å². The molecule has 0 aromatic heterocycles. The van der Waals surface area contributed by atoms with E-state index in [1.54, 1.807) is 6.07 Å². The summed E-state index contributed by atoms with van der Waals surface area (Å²) in [6.07, 6.45) is 0.980. The fourth-order valence-corrected chi connectivity index (χ4v) is 3.56. The highest BCUT2D eigenvalue weighted by Crippen LogP contribution is 2.37. The minimum Gasteiger partial charge on any atom is -0.490 e. The van der Waals surface area contributed by atoms with E-state index in [1.165, 1.54) is 22.6 Å². The number of anilines is 1. The molecule has 2 aromatic carbocycles. The van der Waals surface area contributed by atoms with Crippen molar-refractivity contribution in [3.63, 3.8) is 0 Å². The third-order valence-electron chi connectivity index (χ3n) is 3.40. The molecule has 0 amide bonds. The topological polar surface area (TPSA) is 72.6 Å². The maximum absolute atomic E-state index is 10.9. The zero-order valence-electron chi connectivity index (χ0n) is 11.3. The van der Waals surface area contributed by atoms with Crippen molar-refractivity contribution in [2.24, 2.45) is 0 Å². The van der Waals surface area contributed by atoms with Crippen LogP contribution in [0.4, 0.5) is 5.69 Å². The molecule has 3 rings (SSSR count). The molecule has 3 N–H and O–H groups in total. The maximum atomic E-state index is 10.9. The number of aromatic carboxylic acids is 1. The highest BCUT2D eigenvalue weighted by Gasteiger charge is 2.22. The molecule has 1 heterocycles. The van der Waals surface area contributed by atoms with Crippen LogP contribution >= 0.6 is 11.8 Å². The van der Waals surface area contributed by atoms with E-state index < -0.39 is 5.97 Å². The number of fused-ring (bicyclic) bond motifs is 1. The molecule has 1 unspecified atom stereocenters. The van der Waals surface area contributed by atoms with Crippen LogP contribution < -0.4 is 10.5 Å². The Labute approximate surface area is 126 Å². The molecular formula is C16H15NO3S. The smallest absolute Gasteiger partial charge is 0.335 e. The Morgan fingerprint density at radius 1 is 1.33 bits per heavy atom. The van der Waals surface area contributed by atoms with Crippen molar-refractivity contribution in [2.75, 3.05) is 12.3 Å². The van der Waals surface area contributed by atoms with E-state index in [0.29, 0.717) is 23.3 Å². The number of benzene rings is 2. The van der Waals surface area contributed by atoms with E-state index >= 15 is 0 Å². The lowest BCUT2D eigenvalue weighted by molar-refractivity contribution is 0.0697. The van der Waals surface area contributed by atoms with Gasteiger partial charge in [0.15, 0.2) is 0 Å². The largest absolute Gasteiger partial charge is 0.490 e. The van der Waals surface area contributed by atoms with E-state index in [1.807, 2.05) is 23.9 Å². The first-order valence-electron chi connectivity index (χ1n) is 6.63. The van der Waals surface area contributed by atoms with E-state index in [-0.39, 0.29) is 5.56 Å². The molecule has 0 aliphatic carbocycles. The van der Waals surface area contributed by atoms with Gasteiger partial charge in [0.1, 0.15) is 12.4 Å². The van der Waals surface area contributed by atoms with Crippen LogP contribution in [0.1, 0.15) is 15.9 Å². The first kappa shape index (κ1) is 13.8. The average Bonchev–Trinajstić information content (AvgIpc) is 2.88. The number of thioether (sulfide) groups is 1. The molecule has 108 valence electrons. The van der Waals surface area contributed by atoms with Gasteiger partial charge in [0.25, 0.3) is 0 Å². The van der Waals surface area contributed by atoms with Gasteiger partial charge in [0.2, 0.25) is 0 Å². The Hall–Kier alpha value is -2.14. The van der Waals surface area contributed by atoms with Crippen molar-refractivity contribution >= 4 is 23.4 Å². The van der Waals surface area contributed by atoms with Gasteiger partial charge in [-0.05, 0) is 36.2 Å².